The van der Waals surface area contributed by atoms with Crippen LogP contribution >= 0.6 is 11.3 Å². The van der Waals surface area contributed by atoms with Crippen molar-refractivity contribution in [2.24, 2.45) is 5.92 Å². The zero-order valence-electron chi connectivity index (χ0n) is 16.7. The summed E-state index contributed by atoms with van der Waals surface area (Å²) in [5.74, 6) is -2.49. The predicted molar refractivity (Wildman–Crippen MR) is 106 cm³/mol. The molecule has 0 atom stereocenters. The molecule has 0 spiro atoms. The van der Waals surface area contributed by atoms with Gasteiger partial charge in [0.25, 0.3) is 10.0 Å². The molecule has 1 amide bonds. The van der Waals surface area contributed by atoms with E-state index in [1.807, 2.05) is 13.8 Å². The van der Waals surface area contributed by atoms with Crippen LogP contribution < -0.4 is 5.32 Å². The van der Waals surface area contributed by atoms with Gasteiger partial charge in [-0.25, -0.2) is 13.2 Å². The van der Waals surface area contributed by atoms with E-state index in [1.54, 1.807) is 22.4 Å². The molecule has 0 aromatic carbocycles. The lowest BCUT2D eigenvalue weighted by atomic mass is 10.1. The van der Waals surface area contributed by atoms with Gasteiger partial charge >= 0.3 is 12.1 Å². The monoisotopic (exact) mass is 473 g/mol. The third-order valence-corrected chi connectivity index (χ3v) is 7.29. The minimum Gasteiger partial charge on any atom is -0.475 e. The van der Waals surface area contributed by atoms with E-state index in [0.717, 1.165) is 19.5 Å². The summed E-state index contributed by atoms with van der Waals surface area (Å²) < 4.78 is 58.9. The van der Waals surface area contributed by atoms with Crippen LogP contribution in [-0.2, 0) is 19.6 Å². The van der Waals surface area contributed by atoms with Crippen molar-refractivity contribution in [3.05, 3.63) is 17.5 Å². The average molecular weight is 474 g/mol. The van der Waals surface area contributed by atoms with Gasteiger partial charge in [0.1, 0.15) is 4.21 Å². The molecule has 30 heavy (non-hydrogen) atoms. The fourth-order valence-corrected chi connectivity index (χ4v) is 4.94. The number of carboxylic acid groups (broad SMARTS) is 1. The second kappa shape index (κ2) is 11.6. The second-order valence-corrected chi connectivity index (χ2v) is 10.00. The normalized spacial score (nSPS) is 15.1. The molecule has 2 N–H and O–H groups in total. The van der Waals surface area contributed by atoms with Crippen LogP contribution in [0, 0.1) is 5.92 Å². The Kier molecular flexibility index (Phi) is 10.2. The van der Waals surface area contributed by atoms with E-state index in [-0.39, 0.29) is 12.5 Å². The fraction of sp³-hybridized carbons (Fsp3) is 0.647. The number of alkyl halides is 3. The predicted octanol–water partition coefficient (Wildman–Crippen LogP) is 1.85. The summed E-state index contributed by atoms with van der Waals surface area (Å²) in [6, 6.07) is 3.31. The van der Waals surface area contributed by atoms with Gasteiger partial charge in [-0.2, -0.15) is 17.5 Å². The fourth-order valence-electron chi connectivity index (χ4n) is 2.39. The van der Waals surface area contributed by atoms with Gasteiger partial charge in [0.2, 0.25) is 5.91 Å². The number of piperazine rings is 1. The molecule has 0 unspecified atom stereocenters. The van der Waals surface area contributed by atoms with Crippen LogP contribution in [0.3, 0.4) is 0 Å². The maximum absolute atomic E-state index is 12.8. The number of thiophene rings is 1. The highest BCUT2D eigenvalue weighted by Gasteiger charge is 2.38. The minimum atomic E-state index is -5.08. The number of rotatable bonds is 7. The van der Waals surface area contributed by atoms with E-state index >= 15 is 0 Å². The molecular formula is C17H26F3N3O5S2. The van der Waals surface area contributed by atoms with E-state index in [4.69, 9.17) is 9.90 Å². The summed E-state index contributed by atoms with van der Waals surface area (Å²) in [5, 5.41) is 12.1. The summed E-state index contributed by atoms with van der Waals surface area (Å²) in [4.78, 5) is 23.1. The second-order valence-electron chi connectivity index (χ2n) is 6.89. The Morgan fingerprint density at radius 1 is 1.30 bits per heavy atom. The molecule has 2 heterocycles. The van der Waals surface area contributed by atoms with Gasteiger partial charge in [0, 0.05) is 32.7 Å². The molecule has 0 radical (unpaired) electrons. The first-order chi connectivity index (χ1) is 13.9. The molecule has 172 valence electrons. The topological polar surface area (TPSA) is 107 Å². The quantitative estimate of drug-likeness (QED) is 0.626. The van der Waals surface area contributed by atoms with Gasteiger partial charge < -0.3 is 15.3 Å². The third kappa shape index (κ3) is 8.58. The number of sulfonamides is 1. The van der Waals surface area contributed by atoms with E-state index in [1.165, 1.54) is 15.6 Å². The molecule has 0 saturated carbocycles. The molecule has 2 rings (SSSR count). The number of nitrogens with zero attached hydrogens (tertiary/aromatic N) is 2. The van der Waals surface area contributed by atoms with Crippen LogP contribution in [-0.4, -0.2) is 80.1 Å². The lowest BCUT2D eigenvalue weighted by Gasteiger charge is -2.30. The number of carbonyl (C=O) groups is 2. The van der Waals surface area contributed by atoms with Gasteiger partial charge in [-0.15, -0.1) is 11.3 Å². The number of carboxylic acids is 1. The summed E-state index contributed by atoms with van der Waals surface area (Å²) in [5.41, 5.74) is 0. The number of amides is 1. The van der Waals surface area contributed by atoms with Crippen molar-refractivity contribution >= 4 is 33.2 Å². The molecule has 1 fully saturated rings. The Bertz CT molecular complexity index is 777. The zero-order chi connectivity index (χ0) is 22.9. The Morgan fingerprint density at radius 3 is 2.30 bits per heavy atom. The first-order valence-corrected chi connectivity index (χ1v) is 11.5. The number of carbonyl (C=O) groups excluding carboxylic acids is 1. The van der Waals surface area contributed by atoms with E-state index in [2.05, 4.69) is 5.32 Å². The summed E-state index contributed by atoms with van der Waals surface area (Å²) in [6.07, 6.45) is -4.35. The number of halogens is 3. The highest BCUT2D eigenvalue weighted by Crippen LogP contribution is 2.22. The molecule has 1 aliphatic heterocycles. The van der Waals surface area contributed by atoms with Crippen molar-refractivity contribution in [2.45, 2.75) is 30.7 Å². The number of hydrogen-bond donors (Lipinski definition) is 2. The van der Waals surface area contributed by atoms with Crippen LogP contribution in [0.25, 0.3) is 0 Å². The molecule has 1 aliphatic rings. The minimum absolute atomic E-state index is 0.0764. The number of aliphatic carboxylic acids is 1. The molecule has 0 aliphatic carbocycles. The molecule has 1 aromatic heterocycles. The SMILES string of the molecule is CC(C)CCN(CC(=O)N1CCNCC1)S(=O)(=O)c1cccs1.O=C(O)C(F)(F)F. The highest BCUT2D eigenvalue weighted by atomic mass is 32.2. The first-order valence-electron chi connectivity index (χ1n) is 9.18. The molecule has 13 heteroatoms. The van der Waals surface area contributed by atoms with Crippen molar-refractivity contribution in [1.82, 2.24) is 14.5 Å². The summed E-state index contributed by atoms with van der Waals surface area (Å²) in [6.45, 7) is 7.18. The van der Waals surface area contributed by atoms with Gasteiger partial charge in [-0.05, 0) is 23.8 Å². The van der Waals surface area contributed by atoms with Crippen molar-refractivity contribution < 1.29 is 36.3 Å². The average Bonchev–Trinajstić information content (AvgIpc) is 3.20. The first kappa shape index (κ1) is 26.3. The molecule has 0 bridgehead atoms. The van der Waals surface area contributed by atoms with E-state index in [9.17, 15) is 26.4 Å². The van der Waals surface area contributed by atoms with E-state index in [0.29, 0.717) is 29.8 Å². The van der Waals surface area contributed by atoms with Gasteiger partial charge in [0.15, 0.2) is 0 Å². The van der Waals surface area contributed by atoms with Gasteiger partial charge in [-0.1, -0.05) is 19.9 Å². The summed E-state index contributed by atoms with van der Waals surface area (Å²) >= 11 is 1.19. The maximum Gasteiger partial charge on any atom is 0.490 e. The largest absolute Gasteiger partial charge is 0.490 e. The maximum atomic E-state index is 12.8. The Morgan fingerprint density at radius 2 is 1.87 bits per heavy atom. The van der Waals surface area contributed by atoms with Gasteiger partial charge in [-0.3, -0.25) is 4.79 Å². The summed E-state index contributed by atoms with van der Waals surface area (Å²) in [7, 11) is -3.60. The van der Waals surface area contributed by atoms with Crippen LogP contribution in [0.4, 0.5) is 13.2 Å². The Labute approximate surface area is 177 Å². The third-order valence-electron chi connectivity index (χ3n) is 4.07. The number of hydrogen-bond acceptors (Lipinski definition) is 6. The van der Waals surface area contributed by atoms with Crippen molar-refractivity contribution in [3.63, 3.8) is 0 Å². The Hall–Kier alpha value is -1.70. The number of nitrogens with one attached hydrogen (secondary N) is 1. The van der Waals surface area contributed by atoms with Crippen molar-refractivity contribution in [3.8, 4) is 0 Å². The van der Waals surface area contributed by atoms with Gasteiger partial charge in [0.05, 0.1) is 6.54 Å². The lowest BCUT2D eigenvalue weighted by Crippen LogP contribution is -2.50. The van der Waals surface area contributed by atoms with Crippen LogP contribution in [0.5, 0.6) is 0 Å². The van der Waals surface area contributed by atoms with Crippen LogP contribution in [0.15, 0.2) is 21.7 Å². The highest BCUT2D eigenvalue weighted by molar-refractivity contribution is 7.91. The Balaban J connectivity index is 0.000000553. The standard InChI is InChI=1S/C15H25N3O3S2.C2HF3O2/c1-13(2)5-8-18(23(20,21)15-4-3-11-22-15)12-14(19)17-9-6-16-7-10-17;3-2(4,5)1(6)7/h3-4,11,13,16H,5-10,12H2,1-2H3;(H,6,7). The lowest BCUT2D eigenvalue weighted by molar-refractivity contribution is -0.192. The molecule has 1 saturated heterocycles. The zero-order valence-corrected chi connectivity index (χ0v) is 18.3. The van der Waals surface area contributed by atoms with Crippen LogP contribution in [0.1, 0.15) is 20.3 Å². The molecular weight excluding hydrogens is 447 g/mol. The van der Waals surface area contributed by atoms with Crippen LogP contribution in [0.2, 0.25) is 0 Å². The van der Waals surface area contributed by atoms with Crippen molar-refractivity contribution in [1.29, 1.82) is 0 Å². The molecule has 8 nitrogen and oxygen atoms in total. The molecule has 1 aromatic rings. The van der Waals surface area contributed by atoms with E-state index < -0.39 is 22.2 Å². The smallest absolute Gasteiger partial charge is 0.475 e. The van der Waals surface area contributed by atoms with Crippen molar-refractivity contribution in [2.75, 3.05) is 39.3 Å².